The van der Waals surface area contributed by atoms with Crippen LogP contribution in [0.25, 0.3) is 22.4 Å². The molecule has 0 unspecified atom stereocenters. The highest BCUT2D eigenvalue weighted by Crippen LogP contribution is 2.21. The molecule has 11 heteroatoms. The lowest BCUT2D eigenvalue weighted by Gasteiger charge is -2.16. The summed E-state index contributed by atoms with van der Waals surface area (Å²) in [7, 11) is -0.914. The average Bonchev–Trinajstić information content (AvgIpc) is 3.25. The summed E-state index contributed by atoms with van der Waals surface area (Å²) in [5, 5.41) is 3.98. The van der Waals surface area contributed by atoms with Crippen LogP contribution < -0.4 is 11.1 Å². The van der Waals surface area contributed by atoms with E-state index in [1.165, 1.54) is 41.4 Å². The predicted molar refractivity (Wildman–Crippen MR) is 123 cm³/mol. The van der Waals surface area contributed by atoms with Gasteiger partial charge in [0.1, 0.15) is 6.54 Å². The molecule has 2 heterocycles. The van der Waals surface area contributed by atoms with Crippen LogP contribution in [0, 0.1) is 6.92 Å². The Morgan fingerprint density at radius 1 is 1.00 bits per heavy atom. The van der Waals surface area contributed by atoms with E-state index >= 15 is 0 Å². The first-order chi connectivity index (χ1) is 15.6. The molecule has 2 aromatic heterocycles. The third kappa shape index (κ3) is 4.00. The maximum absolute atomic E-state index is 13.0. The maximum atomic E-state index is 13.0. The topological polar surface area (TPSA) is 120 Å². The Kier molecular flexibility index (Phi) is 5.76. The van der Waals surface area contributed by atoms with Gasteiger partial charge in [0.05, 0.1) is 15.9 Å². The fourth-order valence-electron chi connectivity index (χ4n) is 3.60. The van der Waals surface area contributed by atoms with Crippen molar-refractivity contribution in [1.29, 1.82) is 0 Å². The Balaban J connectivity index is 1.89. The SMILES string of the molecule is CCn1c(=O)c(=O)n(Cc2nc(-c3cccc(C)c3)no2)c2cc(S(=O)(=O)N(C)C)ccc21. The van der Waals surface area contributed by atoms with E-state index in [-0.39, 0.29) is 29.4 Å². The Hall–Kier alpha value is -3.57. The number of fused-ring (bicyclic) bond motifs is 1. The number of aromatic nitrogens is 4. The normalized spacial score (nSPS) is 12.0. The molecule has 0 atom stereocenters. The number of nitrogens with zero attached hydrogens (tertiary/aromatic N) is 5. The minimum atomic E-state index is -3.76. The van der Waals surface area contributed by atoms with Gasteiger partial charge in [0.15, 0.2) is 0 Å². The van der Waals surface area contributed by atoms with Crippen molar-refractivity contribution in [3.05, 3.63) is 74.6 Å². The van der Waals surface area contributed by atoms with Gasteiger partial charge in [0.25, 0.3) is 0 Å². The van der Waals surface area contributed by atoms with Crippen molar-refractivity contribution in [2.75, 3.05) is 14.1 Å². The summed E-state index contributed by atoms with van der Waals surface area (Å²) in [5.74, 6) is 0.466. The highest BCUT2D eigenvalue weighted by atomic mass is 32.2. The Bertz CT molecular complexity index is 1580. The van der Waals surface area contributed by atoms with Crippen molar-refractivity contribution in [3.8, 4) is 11.4 Å². The van der Waals surface area contributed by atoms with E-state index in [0.29, 0.717) is 11.3 Å². The highest BCUT2D eigenvalue weighted by molar-refractivity contribution is 7.89. The summed E-state index contributed by atoms with van der Waals surface area (Å²) < 4.78 is 34.2. The minimum absolute atomic E-state index is 0.000399. The summed E-state index contributed by atoms with van der Waals surface area (Å²) >= 11 is 0. The molecule has 0 amide bonds. The lowest BCUT2D eigenvalue weighted by Crippen LogP contribution is -2.41. The summed E-state index contributed by atoms with van der Waals surface area (Å²) in [5.41, 5.74) is 0.963. The standard InChI is InChI=1S/C22H23N5O5S/c1-5-26-17-10-9-16(33(30,31)25(3)4)12-18(17)27(22(29)21(26)28)13-19-23-20(24-32-19)15-8-6-7-14(2)11-15/h6-12H,5,13H2,1-4H3. The monoisotopic (exact) mass is 469 g/mol. The lowest BCUT2D eigenvalue weighted by molar-refractivity contribution is 0.371. The van der Waals surface area contributed by atoms with E-state index in [1.54, 1.807) is 6.92 Å². The van der Waals surface area contributed by atoms with Gasteiger partial charge in [-0.25, -0.2) is 12.7 Å². The summed E-state index contributed by atoms with van der Waals surface area (Å²) in [6.07, 6.45) is 0. The van der Waals surface area contributed by atoms with Crippen LogP contribution in [0.4, 0.5) is 0 Å². The largest absolute Gasteiger partial charge is 0.337 e. The fraction of sp³-hybridized carbons (Fsp3) is 0.273. The smallest absolute Gasteiger partial charge is 0.317 e. The van der Waals surface area contributed by atoms with Crippen LogP contribution in [0.3, 0.4) is 0 Å². The van der Waals surface area contributed by atoms with Crippen LogP contribution in [0.1, 0.15) is 18.4 Å². The molecule has 0 bridgehead atoms. The molecule has 0 saturated carbocycles. The Labute approximate surface area is 189 Å². The van der Waals surface area contributed by atoms with Crippen LogP contribution in [0.5, 0.6) is 0 Å². The van der Waals surface area contributed by atoms with E-state index < -0.39 is 21.1 Å². The first-order valence-electron chi connectivity index (χ1n) is 10.2. The quantitative estimate of drug-likeness (QED) is 0.395. The van der Waals surface area contributed by atoms with Crippen LogP contribution >= 0.6 is 0 Å². The first kappa shape index (κ1) is 22.6. The second-order valence-electron chi connectivity index (χ2n) is 7.76. The van der Waals surface area contributed by atoms with E-state index in [1.807, 2.05) is 31.2 Å². The molecule has 0 spiro atoms. The molecule has 0 radical (unpaired) electrons. The van der Waals surface area contributed by atoms with Gasteiger partial charge in [-0.3, -0.25) is 14.2 Å². The molecular weight excluding hydrogens is 446 g/mol. The molecule has 0 aliphatic rings. The zero-order chi connectivity index (χ0) is 23.9. The molecule has 2 aromatic carbocycles. The first-order valence-corrected chi connectivity index (χ1v) is 11.7. The Morgan fingerprint density at radius 2 is 1.73 bits per heavy atom. The van der Waals surface area contributed by atoms with Crippen molar-refractivity contribution < 1.29 is 12.9 Å². The lowest BCUT2D eigenvalue weighted by atomic mass is 10.1. The molecule has 33 heavy (non-hydrogen) atoms. The predicted octanol–water partition coefficient (Wildman–Crippen LogP) is 1.84. The van der Waals surface area contributed by atoms with E-state index in [9.17, 15) is 18.0 Å². The van der Waals surface area contributed by atoms with Gasteiger partial charge in [-0.2, -0.15) is 4.98 Å². The second-order valence-corrected chi connectivity index (χ2v) is 9.91. The zero-order valence-corrected chi connectivity index (χ0v) is 19.5. The molecule has 0 N–H and O–H groups in total. The number of hydrogen-bond donors (Lipinski definition) is 0. The molecule has 0 aliphatic carbocycles. The molecular formula is C22H23N5O5S. The third-order valence-corrected chi connectivity index (χ3v) is 7.15. The van der Waals surface area contributed by atoms with E-state index in [0.717, 1.165) is 15.4 Å². The minimum Gasteiger partial charge on any atom is -0.337 e. The number of sulfonamides is 1. The van der Waals surface area contributed by atoms with Gasteiger partial charge in [-0.1, -0.05) is 28.9 Å². The molecule has 0 saturated heterocycles. The van der Waals surface area contributed by atoms with Gasteiger partial charge in [0, 0.05) is 26.2 Å². The molecule has 4 rings (SSSR count). The van der Waals surface area contributed by atoms with Crippen molar-refractivity contribution >= 4 is 21.1 Å². The number of aryl methyl sites for hydroxylation is 2. The molecule has 0 fully saturated rings. The second kappa shape index (κ2) is 8.41. The Morgan fingerprint density at radius 3 is 2.39 bits per heavy atom. The molecule has 172 valence electrons. The van der Waals surface area contributed by atoms with Crippen molar-refractivity contribution in [2.24, 2.45) is 0 Å². The van der Waals surface area contributed by atoms with Crippen LogP contribution in [0.2, 0.25) is 0 Å². The van der Waals surface area contributed by atoms with E-state index in [2.05, 4.69) is 10.1 Å². The highest BCUT2D eigenvalue weighted by Gasteiger charge is 2.21. The van der Waals surface area contributed by atoms with Gasteiger partial charge in [0.2, 0.25) is 21.7 Å². The van der Waals surface area contributed by atoms with Crippen molar-refractivity contribution in [1.82, 2.24) is 23.6 Å². The van der Waals surface area contributed by atoms with Crippen LogP contribution in [-0.2, 0) is 23.1 Å². The molecule has 10 nitrogen and oxygen atoms in total. The number of benzene rings is 2. The van der Waals surface area contributed by atoms with Crippen molar-refractivity contribution in [3.63, 3.8) is 0 Å². The van der Waals surface area contributed by atoms with Gasteiger partial charge in [-0.15, -0.1) is 0 Å². The summed E-state index contributed by atoms with van der Waals surface area (Å²) in [6, 6.07) is 11.9. The summed E-state index contributed by atoms with van der Waals surface area (Å²) in [4.78, 5) is 30.0. The van der Waals surface area contributed by atoms with Crippen molar-refractivity contribution in [2.45, 2.75) is 31.8 Å². The van der Waals surface area contributed by atoms with Crippen LogP contribution in [-0.4, -0.2) is 46.1 Å². The zero-order valence-electron chi connectivity index (χ0n) is 18.6. The molecule has 0 aliphatic heterocycles. The fourth-order valence-corrected chi connectivity index (χ4v) is 4.52. The van der Waals surface area contributed by atoms with Gasteiger partial charge >= 0.3 is 11.1 Å². The number of rotatable bonds is 6. The van der Waals surface area contributed by atoms with Gasteiger partial charge < -0.3 is 9.09 Å². The van der Waals surface area contributed by atoms with Gasteiger partial charge in [-0.05, 0) is 38.1 Å². The third-order valence-electron chi connectivity index (χ3n) is 5.33. The number of hydrogen-bond acceptors (Lipinski definition) is 7. The summed E-state index contributed by atoms with van der Waals surface area (Å²) in [6.45, 7) is 3.75. The average molecular weight is 470 g/mol. The van der Waals surface area contributed by atoms with Crippen LogP contribution in [0.15, 0.2) is 61.5 Å². The van der Waals surface area contributed by atoms with E-state index in [4.69, 9.17) is 4.52 Å². The molecule has 4 aromatic rings. The maximum Gasteiger partial charge on any atom is 0.317 e.